The maximum absolute atomic E-state index is 12.5. The molecule has 0 spiro atoms. The van der Waals surface area contributed by atoms with Crippen molar-refractivity contribution < 1.29 is 13.9 Å². The first-order chi connectivity index (χ1) is 9.90. The van der Waals surface area contributed by atoms with Crippen molar-refractivity contribution in [3.05, 3.63) is 70.3 Å². The first kappa shape index (κ1) is 14.9. The van der Waals surface area contributed by atoms with Gasteiger partial charge in [-0.1, -0.05) is 18.2 Å². The molecule has 2 rings (SSSR count). The fourth-order valence-electron chi connectivity index (χ4n) is 1.66. The van der Waals surface area contributed by atoms with E-state index in [-0.39, 0.29) is 10.6 Å². The fourth-order valence-corrected chi connectivity index (χ4v) is 2.83. The van der Waals surface area contributed by atoms with Crippen LogP contribution in [0.4, 0.5) is 5.69 Å². The van der Waals surface area contributed by atoms with Gasteiger partial charge in [0, 0.05) is 28.8 Å². The molecule has 0 aliphatic carbocycles. The number of amides is 1. The van der Waals surface area contributed by atoms with Crippen LogP contribution in [0.25, 0.3) is 0 Å². The minimum Gasteiger partial charge on any atom is -0.266 e. The molecule has 1 atom stereocenters. The Hall–Kier alpha value is -2.54. The molecule has 0 radical (unpaired) electrons. The van der Waals surface area contributed by atoms with Gasteiger partial charge in [-0.15, -0.1) is 0 Å². The lowest BCUT2D eigenvalue weighted by atomic mass is 10.2. The summed E-state index contributed by atoms with van der Waals surface area (Å²) in [5, 5.41) is 10.6. The topological polar surface area (TPSA) is 89.6 Å². The number of nitro benzene ring substituents is 1. The van der Waals surface area contributed by atoms with Gasteiger partial charge in [0.25, 0.3) is 11.6 Å². The average molecular weight is 304 g/mol. The summed E-state index contributed by atoms with van der Waals surface area (Å²) in [6, 6.07) is 13.5. The van der Waals surface area contributed by atoms with Crippen LogP contribution in [-0.4, -0.2) is 21.3 Å². The minimum atomic E-state index is -2.95. The molecule has 7 heteroatoms. The van der Waals surface area contributed by atoms with E-state index >= 15 is 0 Å². The van der Waals surface area contributed by atoms with Crippen LogP contribution in [0.3, 0.4) is 0 Å². The van der Waals surface area contributed by atoms with Crippen molar-refractivity contribution >= 4 is 21.3 Å². The molecule has 0 fully saturated rings. The molecular weight excluding hydrogens is 292 g/mol. The van der Waals surface area contributed by atoms with E-state index in [4.69, 9.17) is 0 Å². The third-order valence-electron chi connectivity index (χ3n) is 2.76. The van der Waals surface area contributed by atoms with Crippen LogP contribution >= 0.6 is 0 Å². The van der Waals surface area contributed by atoms with Crippen molar-refractivity contribution in [2.45, 2.75) is 4.90 Å². The number of non-ortho nitro benzene ring substituents is 1. The number of carbonyl (C=O) groups excluding carboxylic acids is 1. The van der Waals surface area contributed by atoms with Crippen LogP contribution in [-0.2, 0) is 9.73 Å². The van der Waals surface area contributed by atoms with Gasteiger partial charge in [0.2, 0.25) is 0 Å². The highest BCUT2D eigenvalue weighted by atomic mass is 32.2. The highest BCUT2D eigenvalue weighted by Crippen LogP contribution is 2.18. The Morgan fingerprint density at radius 2 is 1.67 bits per heavy atom. The van der Waals surface area contributed by atoms with E-state index < -0.39 is 20.6 Å². The predicted molar refractivity (Wildman–Crippen MR) is 78.6 cm³/mol. The second-order valence-electron chi connectivity index (χ2n) is 4.32. The predicted octanol–water partition coefficient (Wildman–Crippen LogP) is 2.89. The third-order valence-corrected chi connectivity index (χ3v) is 4.42. The Morgan fingerprint density at radius 3 is 2.19 bits per heavy atom. The van der Waals surface area contributed by atoms with Crippen LogP contribution in [0.2, 0.25) is 0 Å². The Kier molecular flexibility index (Phi) is 4.13. The van der Waals surface area contributed by atoms with Gasteiger partial charge < -0.3 is 0 Å². The molecule has 0 saturated heterocycles. The molecule has 2 aromatic carbocycles. The van der Waals surface area contributed by atoms with E-state index in [1.807, 2.05) is 0 Å². The van der Waals surface area contributed by atoms with Crippen LogP contribution in [0.1, 0.15) is 10.4 Å². The van der Waals surface area contributed by atoms with Gasteiger partial charge in [-0.05, 0) is 24.3 Å². The average Bonchev–Trinajstić information content (AvgIpc) is 2.48. The van der Waals surface area contributed by atoms with Crippen molar-refractivity contribution in [1.29, 1.82) is 0 Å². The van der Waals surface area contributed by atoms with Crippen LogP contribution in [0, 0.1) is 10.1 Å². The van der Waals surface area contributed by atoms with E-state index in [0.29, 0.717) is 5.56 Å². The zero-order valence-corrected chi connectivity index (χ0v) is 11.9. The molecule has 1 unspecified atom stereocenters. The minimum absolute atomic E-state index is 0.108. The monoisotopic (exact) mass is 304 g/mol. The summed E-state index contributed by atoms with van der Waals surface area (Å²) >= 11 is 0. The zero-order chi connectivity index (χ0) is 15.5. The molecule has 0 aliphatic heterocycles. The van der Waals surface area contributed by atoms with Gasteiger partial charge in [-0.2, -0.15) is 4.36 Å². The molecule has 0 aliphatic rings. The first-order valence-corrected chi connectivity index (χ1v) is 7.88. The standard InChI is InChI=1S/C14H12N2O4S/c1-21(20,13-9-7-12(8-10-13)16(18)19)15-14(17)11-5-3-2-4-6-11/h2-10H,1H3. The Labute approximate surface area is 121 Å². The summed E-state index contributed by atoms with van der Waals surface area (Å²) in [4.78, 5) is 22.3. The van der Waals surface area contributed by atoms with Gasteiger partial charge in [0.15, 0.2) is 0 Å². The number of hydrogen-bond donors (Lipinski definition) is 0. The van der Waals surface area contributed by atoms with Gasteiger partial charge in [0.1, 0.15) is 0 Å². The molecule has 2 aromatic rings. The van der Waals surface area contributed by atoms with Crippen LogP contribution in [0.5, 0.6) is 0 Å². The fraction of sp³-hybridized carbons (Fsp3) is 0.0714. The number of nitrogens with zero attached hydrogens (tertiary/aromatic N) is 2. The number of hydrogen-bond acceptors (Lipinski definition) is 4. The largest absolute Gasteiger partial charge is 0.285 e. The van der Waals surface area contributed by atoms with Gasteiger partial charge in [-0.25, -0.2) is 4.21 Å². The molecule has 6 nitrogen and oxygen atoms in total. The molecule has 0 aromatic heterocycles. The van der Waals surface area contributed by atoms with Crippen molar-refractivity contribution in [2.75, 3.05) is 6.26 Å². The molecule has 0 saturated carbocycles. The van der Waals surface area contributed by atoms with Crippen molar-refractivity contribution in [1.82, 2.24) is 0 Å². The lowest BCUT2D eigenvalue weighted by molar-refractivity contribution is -0.384. The van der Waals surface area contributed by atoms with E-state index in [2.05, 4.69) is 4.36 Å². The Balaban J connectivity index is 2.37. The van der Waals surface area contributed by atoms with E-state index in [1.165, 1.54) is 30.5 Å². The van der Waals surface area contributed by atoms with E-state index in [9.17, 15) is 19.1 Å². The lowest BCUT2D eigenvalue weighted by Crippen LogP contribution is -2.04. The number of nitro groups is 1. The van der Waals surface area contributed by atoms with E-state index in [1.54, 1.807) is 30.3 Å². The molecule has 108 valence electrons. The van der Waals surface area contributed by atoms with Crippen LogP contribution in [0.15, 0.2) is 63.9 Å². The van der Waals surface area contributed by atoms with Crippen molar-refractivity contribution in [3.63, 3.8) is 0 Å². The summed E-state index contributed by atoms with van der Waals surface area (Å²) < 4.78 is 16.2. The van der Waals surface area contributed by atoms with Gasteiger partial charge >= 0.3 is 0 Å². The normalized spacial score (nSPS) is 13.2. The molecule has 0 N–H and O–H groups in total. The van der Waals surface area contributed by atoms with Crippen molar-refractivity contribution in [3.8, 4) is 0 Å². The molecule has 0 heterocycles. The maximum atomic E-state index is 12.5. The summed E-state index contributed by atoms with van der Waals surface area (Å²) in [5.41, 5.74) is 0.234. The smallest absolute Gasteiger partial charge is 0.266 e. The molecule has 21 heavy (non-hydrogen) atoms. The second-order valence-corrected chi connectivity index (χ2v) is 6.58. The highest BCUT2D eigenvalue weighted by Gasteiger charge is 2.13. The first-order valence-electron chi connectivity index (χ1n) is 5.96. The summed E-state index contributed by atoms with van der Waals surface area (Å²) in [6.07, 6.45) is 1.33. The molecular formula is C14H12N2O4S. The Morgan fingerprint density at radius 1 is 1.10 bits per heavy atom. The van der Waals surface area contributed by atoms with Crippen LogP contribution < -0.4 is 0 Å². The van der Waals surface area contributed by atoms with Crippen molar-refractivity contribution in [2.24, 2.45) is 4.36 Å². The Bertz CT molecular complexity index is 791. The van der Waals surface area contributed by atoms with Gasteiger partial charge in [0.05, 0.1) is 14.7 Å². The van der Waals surface area contributed by atoms with Gasteiger partial charge in [-0.3, -0.25) is 14.9 Å². The third kappa shape index (κ3) is 3.51. The summed E-state index contributed by atoms with van der Waals surface area (Å²) in [5.74, 6) is -0.582. The summed E-state index contributed by atoms with van der Waals surface area (Å²) in [6.45, 7) is 0. The molecule has 1 amide bonds. The molecule has 0 bridgehead atoms. The zero-order valence-electron chi connectivity index (χ0n) is 11.1. The maximum Gasteiger partial charge on any atom is 0.285 e. The SMILES string of the molecule is CS(=O)(=NC(=O)c1ccccc1)c1ccc([N+](=O)[O-])cc1. The quantitative estimate of drug-likeness (QED) is 0.644. The number of rotatable bonds is 3. The van der Waals surface area contributed by atoms with E-state index in [0.717, 1.165) is 0 Å². The second kappa shape index (κ2) is 5.84. The number of carbonyl (C=O) groups is 1. The number of benzene rings is 2. The lowest BCUT2D eigenvalue weighted by Gasteiger charge is -2.03. The highest BCUT2D eigenvalue weighted by molar-refractivity contribution is 7.93. The summed E-state index contributed by atoms with van der Waals surface area (Å²) in [7, 11) is -2.95.